The van der Waals surface area contributed by atoms with Crippen LogP contribution in [0, 0.1) is 0 Å². The van der Waals surface area contributed by atoms with Gasteiger partial charge in [0.05, 0.1) is 11.8 Å². The Kier molecular flexibility index (Phi) is 7.03. The Morgan fingerprint density at radius 3 is 2.50 bits per heavy atom. The van der Waals surface area contributed by atoms with E-state index in [0.717, 1.165) is 16.5 Å². The number of amides is 1. The van der Waals surface area contributed by atoms with E-state index in [2.05, 4.69) is 34.2 Å². The van der Waals surface area contributed by atoms with Crippen molar-refractivity contribution in [2.75, 3.05) is 5.75 Å². The first kappa shape index (κ1) is 19.9. The highest BCUT2D eigenvalue weighted by Gasteiger charge is 2.15. The summed E-state index contributed by atoms with van der Waals surface area (Å²) in [5.41, 5.74) is 2.26. The van der Waals surface area contributed by atoms with E-state index in [1.165, 1.54) is 17.3 Å². The van der Waals surface area contributed by atoms with Crippen LogP contribution in [-0.2, 0) is 17.8 Å². The van der Waals surface area contributed by atoms with Crippen molar-refractivity contribution in [3.8, 4) is 0 Å². The summed E-state index contributed by atoms with van der Waals surface area (Å²) >= 11 is 1.39. The van der Waals surface area contributed by atoms with Crippen molar-refractivity contribution in [3.05, 3.63) is 90.3 Å². The maximum absolute atomic E-state index is 12.4. The molecular weight excluding hydrogens is 368 g/mol. The molecule has 0 unspecified atom stereocenters. The largest absolute Gasteiger partial charge is 0.349 e. The topological polar surface area (TPSA) is 59.8 Å². The molecule has 0 spiro atoms. The van der Waals surface area contributed by atoms with Crippen LogP contribution >= 0.6 is 11.8 Å². The Morgan fingerprint density at radius 1 is 1.14 bits per heavy atom. The molecule has 0 radical (unpaired) electrons. The third kappa shape index (κ3) is 5.33. The van der Waals surface area contributed by atoms with E-state index >= 15 is 0 Å². The van der Waals surface area contributed by atoms with Crippen LogP contribution in [0.5, 0.6) is 0 Å². The molecule has 0 saturated heterocycles. The van der Waals surface area contributed by atoms with Crippen LogP contribution in [-0.4, -0.2) is 26.4 Å². The van der Waals surface area contributed by atoms with Gasteiger partial charge in [-0.05, 0) is 18.1 Å². The number of aromatic nitrogens is 3. The molecule has 6 heteroatoms. The first-order valence-corrected chi connectivity index (χ1v) is 10.2. The summed E-state index contributed by atoms with van der Waals surface area (Å²) in [6.07, 6.45) is 2.51. The number of nitrogens with one attached hydrogen (secondary N) is 1. The van der Waals surface area contributed by atoms with E-state index in [4.69, 9.17) is 0 Å². The molecular formula is C22H24N4OS. The van der Waals surface area contributed by atoms with Crippen molar-refractivity contribution in [1.29, 1.82) is 0 Å². The van der Waals surface area contributed by atoms with Gasteiger partial charge in [-0.25, -0.2) is 0 Å². The van der Waals surface area contributed by atoms with Crippen LogP contribution in [0.15, 0.2) is 78.5 Å². The minimum atomic E-state index is -0.0333. The van der Waals surface area contributed by atoms with E-state index in [0.29, 0.717) is 13.0 Å². The second-order valence-electron chi connectivity index (χ2n) is 6.45. The molecule has 1 amide bonds. The molecule has 28 heavy (non-hydrogen) atoms. The number of allylic oxidation sites excluding steroid dienone is 1. The Morgan fingerprint density at radius 2 is 1.82 bits per heavy atom. The van der Waals surface area contributed by atoms with Crippen LogP contribution < -0.4 is 5.32 Å². The van der Waals surface area contributed by atoms with Crippen LogP contribution in [0.2, 0.25) is 0 Å². The highest BCUT2D eigenvalue weighted by atomic mass is 32.2. The van der Waals surface area contributed by atoms with Crippen LogP contribution in [0.1, 0.15) is 29.9 Å². The molecule has 0 bridgehead atoms. The van der Waals surface area contributed by atoms with Gasteiger partial charge in [0.25, 0.3) is 0 Å². The van der Waals surface area contributed by atoms with Crippen molar-refractivity contribution in [1.82, 2.24) is 20.1 Å². The zero-order valence-corrected chi connectivity index (χ0v) is 16.7. The quantitative estimate of drug-likeness (QED) is 0.441. The Bertz CT molecular complexity index is 909. The number of carbonyl (C=O) groups excluding carboxylic acids is 1. The number of carbonyl (C=O) groups is 1. The molecule has 0 aliphatic heterocycles. The number of rotatable bonds is 9. The van der Waals surface area contributed by atoms with Crippen molar-refractivity contribution in [2.45, 2.75) is 31.1 Å². The molecule has 1 heterocycles. The normalized spacial score (nSPS) is 11.8. The van der Waals surface area contributed by atoms with Gasteiger partial charge in [-0.3, -0.25) is 4.79 Å². The number of hydrogen-bond donors (Lipinski definition) is 1. The zero-order chi connectivity index (χ0) is 19.8. The van der Waals surface area contributed by atoms with Gasteiger partial charge in [0.15, 0.2) is 5.16 Å². The number of thioether (sulfide) groups is 1. The maximum Gasteiger partial charge on any atom is 0.230 e. The smallest absolute Gasteiger partial charge is 0.230 e. The summed E-state index contributed by atoms with van der Waals surface area (Å²) in [7, 11) is 0. The number of benzene rings is 2. The van der Waals surface area contributed by atoms with Gasteiger partial charge in [0.1, 0.15) is 5.82 Å². The molecule has 3 aromatic rings. The fraction of sp³-hybridized carbons (Fsp3) is 0.227. The standard InChI is InChI=1S/C22H24N4OS/c1-3-14-26-20(15-18-10-6-4-7-11-18)24-25-22(26)28-16-21(27)23-17(2)19-12-8-5-9-13-19/h3-13,17H,1,14-16H2,2H3,(H,23,27)/t17-/m0/s1. The Hall–Kier alpha value is -2.86. The van der Waals surface area contributed by atoms with Crippen LogP contribution in [0.25, 0.3) is 0 Å². The third-order valence-corrected chi connectivity index (χ3v) is 5.29. The highest BCUT2D eigenvalue weighted by molar-refractivity contribution is 7.99. The fourth-order valence-corrected chi connectivity index (χ4v) is 3.66. The Balaban J connectivity index is 1.62. The molecule has 0 aliphatic rings. The lowest BCUT2D eigenvalue weighted by atomic mass is 10.1. The first-order chi connectivity index (χ1) is 13.7. The van der Waals surface area contributed by atoms with E-state index in [1.54, 1.807) is 0 Å². The van der Waals surface area contributed by atoms with Gasteiger partial charge in [-0.2, -0.15) is 0 Å². The molecule has 0 saturated carbocycles. The van der Waals surface area contributed by atoms with E-state index in [1.807, 2.05) is 66.1 Å². The maximum atomic E-state index is 12.4. The second-order valence-corrected chi connectivity index (χ2v) is 7.39. The van der Waals surface area contributed by atoms with Gasteiger partial charge < -0.3 is 9.88 Å². The lowest BCUT2D eigenvalue weighted by Crippen LogP contribution is -2.28. The Labute approximate surface area is 169 Å². The SMILES string of the molecule is C=CCn1c(Cc2ccccc2)nnc1SCC(=O)N[C@@H](C)c1ccccc1. The summed E-state index contributed by atoms with van der Waals surface area (Å²) in [6, 6.07) is 20.0. The van der Waals surface area contributed by atoms with Gasteiger partial charge in [0, 0.05) is 13.0 Å². The first-order valence-electron chi connectivity index (χ1n) is 9.21. The van der Waals surface area contributed by atoms with E-state index < -0.39 is 0 Å². The lowest BCUT2D eigenvalue weighted by molar-refractivity contribution is -0.119. The molecule has 0 aliphatic carbocycles. The minimum Gasteiger partial charge on any atom is -0.349 e. The van der Waals surface area contributed by atoms with E-state index in [-0.39, 0.29) is 17.7 Å². The second kappa shape index (κ2) is 9.90. The molecule has 1 atom stereocenters. The predicted molar refractivity (Wildman–Crippen MR) is 113 cm³/mol. The average Bonchev–Trinajstić information content (AvgIpc) is 3.09. The van der Waals surface area contributed by atoms with Crippen molar-refractivity contribution < 1.29 is 4.79 Å². The van der Waals surface area contributed by atoms with Gasteiger partial charge in [-0.1, -0.05) is 78.5 Å². The van der Waals surface area contributed by atoms with Crippen LogP contribution in [0.3, 0.4) is 0 Å². The van der Waals surface area contributed by atoms with Gasteiger partial charge in [-0.15, -0.1) is 16.8 Å². The van der Waals surface area contributed by atoms with Crippen molar-refractivity contribution in [3.63, 3.8) is 0 Å². The molecule has 3 rings (SSSR count). The lowest BCUT2D eigenvalue weighted by Gasteiger charge is -2.14. The monoisotopic (exact) mass is 392 g/mol. The molecule has 1 aromatic heterocycles. The van der Waals surface area contributed by atoms with Gasteiger partial charge in [0.2, 0.25) is 5.91 Å². The summed E-state index contributed by atoms with van der Waals surface area (Å²) < 4.78 is 2.01. The predicted octanol–water partition coefficient (Wildman–Crippen LogP) is 4.02. The van der Waals surface area contributed by atoms with Crippen molar-refractivity contribution >= 4 is 17.7 Å². The number of hydrogen-bond acceptors (Lipinski definition) is 4. The molecule has 1 N–H and O–H groups in total. The zero-order valence-electron chi connectivity index (χ0n) is 15.9. The fourth-order valence-electron chi connectivity index (χ4n) is 2.89. The molecule has 0 fully saturated rings. The summed E-state index contributed by atoms with van der Waals surface area (Å²) in [5, 5.41) is 12.4. The van der Waals surface area contributed by atoms with Crippen LogP contribution in [0.4, 0.5) is 0 Å². The molecule has 5 nitrogen and oxygen atoms in total. The summed E-state index contributed by atoms with van der Waals surface area (Å²) in [5.74, 6) is 1.13. The summed E-state index contributed by atoms with van der Waals surface area (Å²) in [6.45, 7) is 6.42. The highest BCUT2D eigenvalue weighted by Crippen LogP contribution is 2.19. The van der Waals surface area contributed by atoms with Gasteiger partial charge >= 0.3 is 0 Å². The molecule has 144 valence electrons. The minimum absolute atomic E-state index is 0.0286. The number of nitrogens with zero attached hydrogens (tertiary/aromatic N) is 3. The average molecular weight is 393 g/mol. The molecule has 2 aromatic carbocycles. The van der Waals surface area contributed by atoms with Crippen molar-refractivity contribution in [2.24, 2.45) is 0 Å². The summed E-state index contributed by atoms with van der Waals surface area (Å²) in [4.78, 5) is 12.4. The van der Waals surface area contributed by atoms with E-state index in [9.17, 15) is 4.79 Å². The third-order valence-electron chi connectivity index (χ3n) is 4.32.